The average Bonchev–Trinajstić information content (AvgIpc) is 2.97. The van der Waals surface area contributed by atoms with Gasteiger partial charge in [0.25, 0.3) is 0 Å². The number of fused-ring (bicyclic) bond motifs is 1. The third-order valence-corrected chi connectivity index (χ3v) is 4.34. The highest BCUT2D eigenvalue weighted by Crippen LogP contribution is 2.27. The van der Waals surface area contributed by atoms with E-state index in [-0.39, 0.29) is 17.7 Å². The minimum absolute atomic E-state index is 0.0641. The maximum absolute atomic E-state index is 12.2. The van der Waals surface area contributed by atoms with E-state index in [9.17, 15) is 4.79 Å². The number of hydrogen-bond donors (Lipinski definition) is 2. The number of nitrogens with one attached hydrogen (secondary N) is 1. The van der Waals surface area contributed by atoms with Gasteiger partial charge in [-0.2, -0.15) is 0 Å². The van der Waals surface area contributed by atoms with E-state index in [1.807, 2.05) is 29.2 Å². The van der Waals surface area contributed by atoms with Crippen LogP contribution in [0, 0.1) is 0 Å². The second kappa shape index (κ2) is 6.03. The minimum atomic E-state index is -0.610. The van der Waals surface area contributed by atoms with Crippen LogP contribution >= 0.6 is 11.6 Å². The largest absolute Gasteiger partial charge is 0.342 e. The number of rotatable bonds is 3. The molecule has 1 aliphatic rings. The van der Waals surface area contributed by atoms with Gasteiger partial charge in [-0.05, 0) is 25.0 Å². The van der Waals surface area contributed by atoms with Crippen LogP contribution in [-0.4, -0.2) is 45.8 Å². The molecule has 1 aromatic heterocycles. The number of imidazole rings is 1. The quantitative estimate of drug-likeness (QED) is 0.850. The van der Waals surface area contributed by atoms with Crippen molar-refractivity contribution < 1.29 is 4.79 Å². The van der Waals surface area contributed by atoms with Crippen LogP contribution in [0.4, 0.5) is 0 Å². The lowest BCUT2D eigenvalue weighted by molar-refractivity contribution is -0.133. The van der Waals surface area contributed by atoms with E-state index in [2.05, 4.69) is 9.97 Å². The number of aromatic amines is 1. The molecule has 1 aliphatic heterocycles. The zero-order valence-electron chi connectivity index (χ0n) is 11.8. The first kappa shape index (κ1) is 14.4. The van der Waals surface area contributed by atoms with Crippen molar-refractivity contribution in [2.45, 2.75) is 24.8 Å². The Bertz CT molecular complexity index is 608. The van der Waals surface area contributed by atoms with Crippen molar-refractivity contribution in [3.63, 3.8) is 0 Å². The smallest absolute Gasteiger partial charge is 0.240 e. The van der Waals surface area contributed by atoms with Crippen molar-refractivity contribution in [1.29, 1.82) is 0 Å². The highest BCUT2D eigenvalue weighted by atomic mass is 35.5. The van der Waals surface area contributed by atoms with Crippen LogP contribution in [0.3, 0.4) is 0 Å². The zero-order chi connectivity index (χ0) is 14.8. The Morgan fingerprint density at radius 2 is 2.33 bits per heavy atom. The third kappa shape index (κ3) is 2.89. The Hall–Kier alpha value is -1.59. The number of halogens is 1. The first-order valence-electron chi connectivity index (χ1n) is 7.24. The number of likely N-dealkylation sites (tertiary alicyclic amines) is 1. The summed E-state index contributed by atoms with van der Waals surface area (Å²) in [6.07, 6.45) is 1.99. The van der Waals surface area contributed by atoms with E-state index in [0.29, 0.717) is 6.54 Å². The molecule has 0 bridgehead atoms. The van der Waals surface area contributed by atoms with Gasteiger partial charge in [-0.3, -0.25) is 4.79 Å². The third-order valence-electron chi connectivity index (χ3n) is 4.01. The van der Waals surface area contributed by atoms with E-state index in [4.69, 9.17) is 17.3 Å². The van der Waals surface area contributed by atoms with Gasteiger partial charge in [0.2, 0.25) is 5.91 Å². The lowest BCUT2D eigenvalue weighted by Gasteiger charge is -2.33. The number of carbonyl (C=O) groups is 1. The number of aromatic nitrogens is 2. The Balaban J connectivity index is 1.78. The molecule has 0 spiro atoms. The summed E-state index contributed by atoms with van der Waals surface area (Å²) in [5.74, 6) is 1.28. The number of nitrogens with two attached hydrogens (primary N) is 1. The van der Waals surface area contributed by atoms with Crippen LogP contribution < -0.4 is 5.73 Å². The number of H-pyrrole nitrogens is 1. The van der Waals surface area contributed by atoms with Crippen molar-refractivity contribution in [2.75, 3.05) is 19.0 Å². The van der Waals surface area contributed by atoms with Crippen LogP contribution in [0.1, 0.15) is 24.6 Å². The van der Waals surface area contributed by atoms with Crippen LogP contribution in [0.2, 0.25) is 0 Å². The number of carbonyl (C=O) groups excluding carboxylic acids is 1. The van der Waals surface area contributed by atoms with Gasteiger partial charge in [-0.1, -0.05) is 12.1 Å². The summed E-state index contributed by atoms with van der Waals surface area (Å²) in [7, 11) is 0. The van der Waals surface area contributed by atoms with Gasteiger partial charge in [0.05, 0.1) is 17.1 Å². The maximum atomic E-state index is 12.2. The molecule has 1 saturated heterocycles. The molecule has 21 heavy (non-hydrogen) atoms. The number of hydrogen-bond acceptors (Lipinski definition) is 3. The summed E-state index contributed by atoms with van der Waals surface area (Å²) >= 11 is 5.68. The predicted molar refractivity (Wildman–Crippen MR) is 83.3 cm³/mol. The molecule has 2 atom stereocenters. The molecule has 2 aromatic rings. The zero-order valence-corrected chi connectivity index (χ0v) is 12.5. The van der Waals surface area contributed by atoms with Gasteiger partial charge < -0.3 is 15.6 Å². The summed E-state index contributed by atoms with van der Waals surface area (Å²) in [4.78, 5) is 22.0. The van der Waals surface area contributed by atoms with E-state index < -0.39 is 6.04 Å². The number of nitrogens with zero attached hydrogens (tertiary/aromatic N) is 2. The number of piperidine rings is 1. The summed E-state index contributed by atoms with van der Waals surface area (Å²) in [5, 5.41) is 0. The second-order valence-electron chi connectivity index (χ2n) is 5.52. The SMILES string of the molecule is N[C@@H](CCl)C(=O)N1CCCC(c2nc3ccccc3[nH]2)C1. The standard InChI is InChI=1S/C15H19ClN4O/c16-8-11(17)15(21)20-7-3-4-10(9-20)14-18-12-5-1-2-6-13(12)19-14/h1-2,5-6,10-11H,3-4,7-9,17H2,(H,18,19)/t10?,11-/m0/s1. The molecule has 0 radical (unpaired) electrons. The van der Waals surface area contributed by atoms with Crippen molar-refractivity contribution in [1.82, 2.24) is 14.9 Å². The molecule has 0 aliphatic carbocycles. The molecule has 0 saturated carbocycles. The first-order chi connectivity index (χ1) is 10.2. The minimum Gasteiger partial charge on any atom is -0.342 e. The van der Waals surface area contributed by atoms with Gasteiger partial charge in [-0.25, -0.2) is 4.98 Å². The highest BCUT2D eigenvalue weighted by Gasteiger charge is 2.28. The van der Waals surface area contributed by atoms with Crippen molar-refractivity contribution in [3.05, 3.63) is 30.1 Å². The molecular weight excluding hydrogens is 288 g/mol. The fourth-order valence-corrected chi connectivity index (χ4v) is 3.00. The van der Waals surface area contributed by atoms with Crippen molar-refractivity contribution >= 4 is 28.5 Å². The molecule has 3 rings (SSSR count). The fourth-order valence-electron chi connectivity index (χ4n) is 2.87. The molecule has 1 unspecified atom stereocenters. The lowest BCUT2D eigenvalue weighted by atomic mass is 9.97. The van der Waals surface area contributed by atoms with Gasteiger partial charge in [0, 0.05) is 24.9 Å². The normalized spacial score (nSPS) is 20.7. The summed E-state index contributed by atoms with van der Waals surface area (Å²) in [5.41, 5.74) is 7.75. The number of alkyl halides is 1. The molecule has 5 nitrogen and oxygen atoms in total. The van der Waals surface area contributed by atoms with Crippen LogP contribution in [0.15, 0.2) is 24.3 Å². The monoisotopic (exact) mass is 306 g/mol. The summed E-state index contributed by atoms with van der Waals surface area (Å²) < 4.78 is 0. The van der Waals surface area contributed by atoms with E-state index in [1.54, 1.807) is 0 Å². The summed E-state index contributed by atoms with van der Waals surface area (Å²) in [6.45, 7) is 1.41. The number of amides is 1. The Morgan fingerprint density at radius 1 is 1.52 bits per heavy atom. The molecule has 112 valence electrons. The Kier molecular flexibility index (Phi) is 4.12. The molecule has 1 fully saturated rings. The van der Waals surface area contributed by atoms with Crippen LogP contribution in [0.25, 0.3) is 11.0 Å². The lowest BCUT2D eigenvalue weighted by Crippen LogP contribution is -2.48. The van der Waals surface area contributed by atoms with E-state index >= 15 is 0 Å². The molecule has 3 N–H and O–H groups in total. The molecule has 6 heteroatoms. The first-order valence-corrected chi connectivity index (χ1v) is 7.77. The maximum Gasteiger partial charge on any atom is 0.240 e. The predicted octanol–water partition coefficient (Wildman–Crippen LogP) is 1.83. The average molecular weight is 307 g/mol. The van der Waals surface area contributed by atoms with Crippen LogP contribution in [-0.2, 0) is 4.79 Å². The number of benzene rings is 1. The van der Waals surface area contributed by atoms with Crippen molar-refractivity contribution in [2.24, 2.45) is 5.73 Å². The second-order valence-corrected chi connectivity index (χ2v) is 5.83. The molecule has 2 heterocycles. The molecular formula is C15H19ClN4O. The van der Waals surface area contributed by atoms with Gasteiger partial charge in [0.15, 0.2) is 0 Å². The van der Waals surface area contributed by atoms with Gasteiger partial charge in [-0.15, -0.1) is 11.6 Å². The topological polar surface area (TPSA) is 75.0 Å². The van der Waals surface area contributed by atoms with Gasteiger partial charge >= 0.3 is 0 Å². The summed E-state index contributed by atoms with van der Waals surface area (Å²) in [6, 6.07) is 7.36. The Labute approximate surface area is 128 Å². The van der Waals surface area contributed by atoms with E-state index in [1.165, 1.54) is 0 Å². The molecule has 1 amide bonds. The fraction of sp³-hybridized carbons (Fsp3) is 0.467. The van der Waals surface area contributed by atoms with Crippen molar-refractivity contribution in [3.8, 4) is 0 Å². The van der Waals surface area contributed by atoms with E-state index in [0.717, 1.165) is 36.2 Å². The number of para-hydroxylation sites is 2. The molecule has 1 aromatic carbocycles. The highest BCUT2D eigenvalue weighted by molar-refractivity contribution is 6.19. The van der Waals surface area contributed by atoms with Crippen LogP contribution in [0.5, 0.6) is 0 Å². The Morgan fingerprint density at radius 3 is 3.10 bits per heavy atom. The van der Waals surface area contributed by atoms with Gasteiger partial charge in [0.1, 0.15) is 5.82 Å².